The minimum Gasteiger partial charge on any atom is -0.380 e. The first-order chi connectivity index (χ1) is 8.24. The Morgan fingerprint density at radius 3 is 2.65 bits per heavy atom. The predicted octanol–water partition coefficient (Wildman–Crippen LogP) is 3.94. The van der Waals surface area contributed by atoms with Gasteiger partial charge in [-0.25, -0.2) is 0 Å². The second kappa shape index (κ2) is 11.3. The normalized spacial score (nSPS) is 12.8. The molecule has 0 aliphatic rings. The molecular formula is C16H24O. The summed E-state index contributed by atoms with van der Waals surface area (Å²) in [4.78, 5) is 0. The first kappa shape index (κ1) is 15.8. The Morgan fingerprint density at radius 2 is 2.06 bits per heavy atom. The van der Waals surface area contributed by atoms with E-state index in [4.69, 9.17) is 17.6 Å². The van der Waals surface area contributed by atoms with Crippen LogP contribution in [0.1, 0.15) is 51.9 Å². The van der Waals surface area contributed by atoms with Crippen molar-refractivity contribution in [3.05, 3.63) is 11.6 Å². The van der Waals surface area contributed by atoms with E-state index in [1.807, 2.05) is 0 Å². The molecule has 0 bridgehead atoms. The number of unbranched alkanes of at least 4 members (excludes halogenated alkanes) is 3. The second-order valence-corrected chi connectivity index (χ2v) is 4.31. The molecule has 94 valence electrons. The van der Waals surface area contributed by atoms with Crippen LogP contribution in [0.15, 0.2) is 11.6 Å². The highest BCUT2D eigenvalue weighted by atomic mass is 16.5. The third kappa shape index (κ3) is 9.73. The van der Waals surface area contributed by atoms with Gasteiger partial charge in [0.1, 0.15) is 0 Å². The van der Waals surface area contributed by atoms with Crippen LogP contribution in [0.3, 0.4) is 0 Å². The second-order valence-electron chi connectivity index (χ2n) is 4.31. The Balaban J connectivity index is 3.69. The summed E-state index contributed by atoms with van der Waals surface area (Å²) in [5.41, 5.74) is 1.42. The van der Waals surface area contributed by atoms with E-state index >= 15 is 0 Å². The van der Waals surface area contributed by atoms with Crippen molar-refractivity contribution in [3.8, 4) is 24.7 Å². The zero-order valence-electron chi connectivity index (χ0n) is 11.2. The van der Waals surface area contributed by atoms with Gasteiger partial charge in [0.25, 0.3) is 0 Å². The molecule has 0 aromatic heterocycles. The van der Waals surface area contributed by atoms with E-state index in [1.54, 1.807) is 7.11 Å². The SMILES string of the molecule is C#CCCCC/C=C(\C)CCC(CC#C)OC. The van der Waals surface area contributed by atoms with Crippen LogP contribution in [0, 0.1) is 24.7 Å². The molecule has 0 spiro atoms. The van der Waals surface area contributed by atoms with Gasteiger partial charge in [-0.1, -0.05) is 11.6 Å². The molecule has 0 rings (SSSR count). The predicted molar refractivity (Wildman–Crippen MR) is 74.5 cm³/mol. The summed E-state index contributed by atoms with van der Waals surface area (Å²) in [7, 11) is 1.72. The first-order valence-electron chi connectivity index (χ1n) is 6.30. The van der Waals surface area contributed by atoms with Crippen molar-refractivity contribution in [1.82, 2.24) is 0 Å². The molecule has 0 fully saturated rings. The molecule has 0 aliphatic carbocycles. The molecule has 0 aliphatic heterocycles. The molecule has 0 radical (unpaired) electrons. The van der Waals surface area contributed by atoms with Crippen LogP contribution in [-0.4, -0.2) is 13.2 Å². The largest absolute Gasteiger partial charge is 0.380 e. The number of hydrogen-bond donors (Lipinski definition) is 0. The molecule has 0 saturated carbocycles. The van der Waals surface area contributed by atoms with Gasteiger partial charge in [0.05, 0.1) is 6.10 Å². The quantitative estimate of drug-likeness (QED) is 0.332. The van der Waals surface area contributed by atoms with Crippen molar-refractivity contribution in [2.45, 2.75) is 58.0 Å². The lowest BCUT2D eigenvalue weighted by atomic mass is 10.0. The molecular weight excluding hydrogens is 208 g/mol. The van der Waals surface area contributed by atoms with E-state index in [-0.39, 0.29) is 6.10 Å². The fourth-order valence-corrected chi connectivity index (χ4v) is 1.65. The van der Waals surface area contributed by atoms with E-state index in [9.17, 15) is 0 Å². The van der Waals surface area contributed by atoms with Crippen molar-refractivity contribution >= 4 is 0 Å². The molecule has 0 N–H and O–H groups in total. The topological polar surface area (TPSA) is 9.23 Å². The van der Waals surface area contributed by atoms with Gasteiger partial charge in [-0.15, -0.1) is 24.7 Å². The molecule has 0 aromatic rings. The molecule has 0 amide bonds. The molecule has 0 heterocycles. The van der Waals surface area contributed by atoms with Gasteiger partial charge in [0.15, 0.2) is 0 Å². The van der Waals surface area contributed by atoms with Gasteiger partial charge in [0, 0.05) is 20.0 Å². The Morgan fingerprint density at radius 1 is 1.29 bits per heavy atom. The lowest BCUT2D eigenvalue weighted by Crippen LogP contribution is -2.09. The van der Waals surface area contributed by atoms with Gasteiger partial charge in [0.2, 0.25) is 0 Å². The van der Waals surface area contributed by atoms with Crippen LogP contribution >= 0.6 is 0 Å². The van der Waals surface area contributed by atoms with Crippen molar-refractivity contribution in [2.24, 2.45) is 0 Å². The minimum atomic E-state index is 0.199. The van der Waals surface area contributed by atoms with Crippen LogP contribution in [-0.2, 0) is 4.74 Å². The number of ether oxygens (including phenoxy) is 1. The average molecular weight is 232 g/mol. The maximum absolute atomic E-state index is 5.31. The van der Waals surface area contributed by atoms with E-state index in [2.05, 4.69) is 24.8 Å². The number of allylic oxidation sites excluding steroid dienone is 2. The highest BCUT2D eigenvalue weighted by Gasteiger charge is 2.04. The Labute approximate surface area is 107 Å². The molecule has 17 heavy (non-hydrogen) atoms. The average Bonchev–Trinajstić information content (AvgIpc) is 2.34. The fraction of sp³-hybridized carbons (Fsp3) is 0.625. The highest BCUT2D eigenvalue weighted by molar-refractivity contribution is 4.99. The monoisotopic (exact) mass is 232 g/mol. The smallest absolute Gasteiger partial charge is 0.0683 e. The van der Waals surface area contributed by atoms with E-state index in [0.717, 1.165) is 32.1 Å². The summed E-state index contributed by atoms with van der Waals surface area (Å²) in [5, 5.41) is 0. The van der Waals surface area contributed by atoms with Gasteiger partial charge in [-0.05, 0) is 39.0 Å². The molecule has 1 atom stereocenters. The minimum absolute atomic E-state index is 0.199. The van der Waals surface area contributed by atoms with Crippen molar-refractivity contribution in [1.29, 1.82) is 0 Å². The highest BCUT2D eigenvalue weighted by Crippen LogP contribution is 2.13. The Bertz CT molecular complexity index is 288. The summed E-state index contributed by atoms with van der Waals surface area (Å²) < 4.78 is 5.31. The summed E-state index contributed by atoms with van der Waals surface area (Å²) >= 11 is 0. The molecule has 1 heteroatoms. The lowest BCUT2D eigenvalue weighted by Gasteiger charge is -2.12. The molecule has 0 saturated heterocycles. The third-order valence-electron chi connectivity index (χ3n) is 2.81. The standard InChI is InChI=1S/C16H24O/c1-5-7-8-9-10-12-15(3)13-14-16(17-4)11-6-2/h1-2,12,16H,7-11,13-14H2,3-4H3/b15-12+. The fourth-order valence-electron chi connectivity index (χ4n) is 1.65. The zero-order valence-corrected chi connectivity index (χ0v) is 11.2. The Kier molecular flexibility index (Phi) is 10.5. The zero-order chi connectivity index (χ0) is 12.9. The number of hydrogen-bond acceptors (Lipinski definition) is 1. The first-order valence-corrected chi connectivity index (χ1v) is 6.30. The van der Waals surface area contributed by atoms with Gasteiger partial charge in [-0.3, -0.25) is 0 Å². The van der Waals surface area contributed by atoms with Crippen LogP contribution in [0.2, 0.25) is 0 Å². The van der Waals surface area contributed by atoms with Gasteiger partial charge >= 0.3 is 0 Å². The van der Waals surface area contributed by atoms with E-state index in [1.165, 1.54) is 12.0 Å². The summed E-state index contributed by atoms with van der Waals surface area (Å²) in [6.07, 6.45) is 20.1. The van der Waals surface area contributed by atoms with Crippen molar-refractivity contribution in [2.75, 3.05) is 7.11 Å². The maximum atomic E-state index is 5.31. The summed E-state index contributed by atoms with van der Waals surface area (Å²) in [6.45, 7) is 2.17. The maximum Gasteiger partial charge on any atom is 0.0683 e. The third-order valence-corrected chi connectivity index (χ3v) is 2.81. The number of terminal acetylenes is 2. The summed E-state index contributed by atoms with van der Waals surface area (Å²) in [6, 6.07) is 0. The van der Waals surface area contributed by atoms with Crippen LogP contribution in [0.4, 0.5) is 0 Å². The summed E-state index contributed by atoms with van der Waals surface area (Å²) in [5.74, 6) is 5.31. The van der Waals surface area contributed by atoms with Crippen LogP contribution in [0.5, 0.6) is 0 Å². The van der Waals surface area contributed by atoms with Crippen molar-refractivity contribution < 1.29 is 4.74 Å². The number of methoxy groups -OCH3 is 1. The van der Waals surface area contributed by atoms with Crippen molar-refractivity contribution in [3.63, 3.8) is 0 Å². The van der Waals surface area contributed by atoms with Crippen LogP contribution < -0.4 is 0 Å². The van der Waals surface area contributed by atoms with Gasteiger partial charge < -0.3 is 4.74 Å². The molecule has 0 aromatic carbocycles. The Hall–Kier alpha value is -1.18. The van der Waals surface area contributed by atoms with E-state index in [0.29, 0.717) is 6.42 Å². The van der Waals surface area contributed by atoms with E-state index < -0.39 is 0 Å². The van der Waals surface area contributed by atoms with Gasteiger partial charge in [-0.2, -0.15) is 0 Å². The molecule has 1 unspecified atom stereocenters. The molecule has 1 nitrogen and oxygen atoms in total. The van der Waals surface area contributed by atoms with Crippen LogP contribution in [0.25, 0.3) is 0 Å². The number of rotatable bonds is 9. The lowest BCUT2D eigenvalue weighted by molar-refractivity contribution is 0.0998.